The summed E-state index contributed by atoms with van der Waals surface area (Å²) in [5.74, 6) is 28.6. The molecule has 124 valence electrons. The zero-order valence-corrected chi connectivity index (χ0v) is 14.4. The Bertz CT molecular complexity index is 658. The minimum Gasteiger partial charge on any atom is -0.481 e. The first-order valence-corrected chi connectivity index (χ1v) is 8.27. The van der Waals surface area contributed by atoms with Crippen LogP contribution in [0.4, 0.5) is 0 Å². The van der Waals surface area contributed by atoms with Crippen molar-refractivity contribution in [3.05, 3.63) is 0 Å². The van der Waals surface area contributed by atoms with Gasteiger partial charge in [-0.2, -0.15) is 0 Å². The fourth-order valence-corrected chi connectivity index (χ4v) is 1.49. The van der Waals surface area contributed by atoms with Gasteiger partial charge >= 0.3 is 5.97 Å². The van der Waals surface area contributed by atoms with E-state index in [0.717, 1.165) is 6.42 Å². The molecule has 2 nitrogen and oxygen atoms in total. The molecule has 0 aromatic carbocycles. The van der Waals surface area contributed by atoms with Gasteiger partial charge in [-0.25, -0.2) is 0 Å². The zero-order valence-electron chi connectivity index (χ0n) is 14.4. The molecule has 0 heterocycles. The third kappa shape index (κ3) is 19.3. The van der Waals surface area contributed by atoms with Gasteiger partial charge in [-0.15, -0.1) is 11.8 Å². The molecule has 0 rings (SSSR count). The van der Waals surface area contributed by atoms with Gasteiger partial charge in [0.05, 0.1) is 32.1 Å². The van der Waals surface area contributed by atoms with Gasteiger partial charge < -0.3 is 5.11 Å². The summed E-state index contributed by atoms with van der Waals surface area (Å²) in [4.78, 5) is 10.3. The van der Waals surface area contributed by atoms with Crippen molar-refractivity contribution in [2.45, 2.75) is 71.1 Å². The summed E-state index contributed by atoms with van der Waals surface area (Å²) in [5.41, 5.74) is 0. The third-order valence-corrected chi connectivity index (χ3v) is 2.70. The molecule has 0 aliphatic rings. The molecule has 0 aromatic heterocycles. The number of hydrogen-bond acceptors (Lipinski definition) is 1. The molecule has 24 heavy (non-hydrogen) atoms. The van der Waals surface area contributed by atoms with Gasteiger partial charge in [0.25, 0.3) is 0 Å². The maximum absolute atomic E-state index is 10.3. The second-order valence-corrected chi connectivity index (χ2v) is 4.83. The Morgan fingerprint density at radius 3 is 1.50 bits per heavy atom. The van der Waals surface area contributed by atoms with Crippen LogP contribution in [0, 0.1) is 59.2 Å². The average molecular weight is 320 g/mol. The first-order chi connectivity index (χ1) is 11.8. The molecular weight excluding hydrogens is 296 g/mol. The number of aliphatic carboxylic acids is 1. The minimum absolute atomic E-state index is 0.0807. The van der Waals surface area contributed by atoms with Crippen LogP contribution in [0.5, 0.6) is 0 Å². The summed E-state index contributed by atoms with van der Waals surface area (Å²) < 4.78 is 0. The second-order valence-electron chi connectivity index (χ2n) is 4.83. The van der Waals surface area contributed by atoms with Crippen molar-refractivity contribution in [3.8, 4) is 59.2 Å². The fraction of sp³-hybridized carbons (Fsp3) is 0.500. The van der Waals surface area contributed by atoms with E-state index >= 15 is 0 Å². The Labute approximate surface area is 146 Å². The van der Waals surface area contributed by atoms with Gasteiger partial charge in [-0.1, -0.05) is 67.1 Å². The smallest absolute Gasteiger partial charge is 0.304 e. The Hall–Kier alpha value is -2.73. The number of hydrogen-bond donors (Lipinski definition) is 1. The van der Waals surface area contributed by atoms with Gasteiger partial charge in [0.1, 0.15) is 0 Å². The third-order valence-electron chi connectivity index (χ3n) is 2.70. The number of carbonyl (C=O) groups is 1. The lowest BCUT2D eigenvalue weighted by atomic mass is 10.2. The zero-order chi connectivity index (χ0) is 17.7. The van der Waals surface area contributed by atoms with Crippen molar-refractivity contribution in [3.63, 3.8) is 0 Å². The molecule has 2 heteroatoms. The molecule has 0 saturated carbocycles. The van der Waals surface area contributed by atoms with Gasteiger partial charge in [-0.3, -0.25) is 4.79 Å². The highest BCUT2D eigenvalue weighted by atomic mass is 16.4. The van der Waals surface area contributed by atoms with Crippen LogP contribution < -0.4 is 0 Å². The highest BCUT2D eigenvalue weighted by molar-refractivity contribution is 5.67. The number of unbranched alkanes of at least 4 members (excludes halogenated alkanes) is 3. The molecule has 0 radical (unpaired) electrons. The summed E-state index contributed by atoms with van der Waals surface area (Å²) >= 11 is 0. The predicted molar refractivity (Wildman–Crippen MR) is 98.4 cm³/mol. The van der Waals surface area contributed by atoms with Crippen LogP contribution in [0.1, 0.15) is 71.1 Å². The van der Waals surface area contributed by atoms with E-state index in [1.165, 1.54) is 19.3 Å². The molecular formula is C22H24O2. The lowest BCUT2D eigenvalue weighted by Crippen LogP contribution is -1.91. The van der Waals surface area contributed by atoms with E-state index < -0.39 is 5.97 Å². The summed E-state index contributed by atoms with van der Waals surface area (Å²) in [6, 6.07) is 0. The van der Waals surface area contributed by atoms with E-state index in [1.54, 1.807) is 0 Å². The summed E-state index contributed by atoms with van der Waals surface area (Å²) in [6.07, 6.45) is 7.21. The average Bonchev–Trinajstić information content (AvgIpc) is 2.56. The highest BCUT2D eigenvalue weighted by Crippen LogP contribution is 1.96. The lowest BCUT2D eigenvalue weighted by Gasteiger charge is -1.87. The molecule has 0 spiro atoms. The molecule has 0 aliphatic carbocycles. The highest BCUT2D eigenvalue weighted by Gasteiger charge is 1.90. The predicted octanol–water partition coefficient (Wildman–Crippen LogP) is 4.01. The van der Waals surface area contributed by atoms with Crippen LogP contribution >= 0.6 is 0 Å². The number of carboxylic acids is 1. The van der Waals surface area contributed by atoms with E-state index in [1.807, 2.05) is 0 Å². The van der Waals surface area contributed by atoms with Crippen LogP contribution in [0.25, 0.3) is 0 Å². The van der Waals surface area contributed by atoms with Gasteiger partial charge in [0.15, 0.2) is 0 Å². The lowest BCUT2D eigenvalue weighted by molar-refractivity contribution is -0.136. The van der Waals surface area contributed by atoms with Crippen molar-refractivity contribution in [2.75, 3.05) is 0 Å². The molecule has 0 atom stereocenters. The molecule has 0 fully saturated rings. The van der Waals surface area contributed by atoms with E-state index in [2.05, 4.69) is 66.1 Å². The van der Waals surface area contributed by atoms with Crippen LogP contribution in [0.15, 0.2) is 0 Å². The maximum atomic E-state index is 10.3. The monoisotopic (exact) mass is 320 g/mol. The summed E-state index contributed by atoms with van der Waals surface area (Å²) in [7, 11) is 0. The Balaban J connectivity index is 3.67. The van der Waals surface area contributed by atoms with Crippen molar-refractivity contribution < 1.29 is 9.90 Å². The molecule has 0 amide bonds. The Morgan fingerprint density at radius 1 is 0.667 bits per heavy atom. The van der Waals surface area contributed by atoms with Crippen LogP contribution in [-0.2, 0) is 4.79 Å². The Morgan fingerprint density at radius 2 is 1.08 bits per heavy atom. The van der Waals surface area contributed by atoms with Crippen molar-refractivity contribution in [1.82, 2.24) is 0 Å². The number of rotatable bonds is 5. The summed E-state index contributed by atoms with van der Waals surface area (Å²) in [6.45, 7) is 2.19. The molecule has 0 bridgehead atoms. The SMILES string of the molecule is CCCCCC#CCC#CCC#CCC#CCC#CCCC(=O)O. The summed E-state index contributed by atoms with van der Waals surface area (Å²) in [5, 5.41) is 8.43. The topological polar surface area (TPSA) is 37.3 Å². The minimum atomic E-state index is -0.826. The molecule has 0 saturated heterocycles. The van der Waals surface area contributed by atoms with E-state index in [4.69, 9.17) is 5.11 Å². The van der Waals surface area contributed by atoms with Gasteiger partial charge in [-0.05, 0) is 6.42 Å². The van der Waals surface area contributed by atoms with Gasteiger partial charge in [0.2, 0.25) is 0 Å². The first kappa shape index (κ1) is 21.3. The van der Waals surface area contributed by atoms with E-state index in [9.17, 15) is 4.79 Å². The molecule has 1 N–H and O–H groups in total. The molecule has 0 aromatic rings. The first-order valence-electron chi connectivity index (χ1n) is 8.27. The van der Waals surface area contributed by atoms with E-state index in [-0.39, 0.29) is 6.42 Å². The Kier molecular flexibility index (Phi) is 16.2. The van der Waals surface area contributed by atoms with Crippen LogP contribution in [-0.4, -0.2) is 11.1 Å². The molecule has 0 unspecified atom stereocenters. The standard InChI is InChI=1S/C22H24O2/c1-2-3-4-5-6-7-8-9-10-11-12-13-14-15-16-17-18-19-20-21-22(23)24/h2-5,8,11,14,17,20-21H2,1H3,(H,23,24). The fourth-order valence-electron chi connectivity index (χ4n) is 1.49. The van der Waals surface area contributed by atoms with Crippen molar-refractivity contribution in [2.24, 2.45) is 0 Å². The second kappa shape index (κ2) is 18.3. The largest absolute Gasteiger partial charge is 0.481 e. The van der Waals surface area contributed by atoms with Gasteiger partial charge in [0, 0.05) is 12.8 Å². The maximum Gasteiger partial charge on any atom is 0.304 e. The number of carboxylic acid groups (broad SMARTS) is 1. The normalized spacial score (nSPS) is 7.71. The van der Waals surface area contributed by atoms with Crippen LogP contribution in [0.2, 0.25) is 0 Å². The quantitative estimate of drug-likeness (QED) is 0.614. The van der Waals surface area contributed by atoms with E-state index in [0.29, 0.717) is 32.1 Å². The van der Waals surface area contributed by atoms with Crippen LogP contribution in [0.3, 0.4) is 0 Å². The molecule has 0 aliphatic heterocycles. The van der Waals surface area contributed by atoms with Crippen molar-refractivity contribution >= 4 is 5.97 Å². The van der Waals surface area contributed by atoms with Crippen molar-refractivity contribution in [1.29, 1.82) is 0 Å².